The molecule has 82 valence electrons. The van der Waals surface area contributed by atoms with Crippen molar-refractivity contribution in [2.75, 3.05) is 13.2 Å². The Kier molecular flexibility index (Phi) is 4.39. The van der Waals surface area contributed by atoms with Crippen molar-refractivity contribution in [3.05, 3.63) is 28.5 Å². The monoisotopic (exact) mass is 224 g/mol. The second kappa shape index (κ2) is 6.05. The van der Waals surface area contributed by atoms with E-state index in [1.807, 2.05) is 6.08 Å². The summed E-state index contributed by atoms with van der Waals surface area (Å²) in [5.41, 5.74) is 0. The Balaban J connectivity index is 1.65. The Morgan fingerprint density at radius 3 is 3.27 bits per heavy atom. The normalized spacial score (nSPS) is 22.3. The van der Waals surface area contributed by atoms with Gasteiger partial charge in [-0.05, 0) is 36.8 Å². The summed E-state index contributed by atoms with van der Waals surface area (Å²) in [6, 6.07) is 4.15. The molecular formula is C12H16O2S. The highest BCUT2D eigenvalue weighted by molar-refractivity contribution is 7.10. The summed E-state index contributed by atoms with van der Waals surface area (Å²) in [6.45, 7) is 1.49. The van der Waals surface area contributed by atoms with Crippen molar-refractivity contribution in [3.8, 4) is 0 Å². The van der Waals surface area contributed by atoms with Crippen molar-refractivity contribution < 1.29 is 9.47 Å². The van der Waals surface area contributed by atoms with Gasteiger partial charge in [0, 0.05) is 11.5 Å². The lowest BCUT2D eigenvalue weighted by Gasteiger charge is -2.21. The van der Waals surface area contributed by atoms with Gasteiger partial charge >= 0.3 is 0 Å². The van der Waals surface area contributed by atoms with Gasteiger partial charge in [-0.2, -0.15) is 0 Å². The first-order valence-corrected chi connectivity index (χ1v) is 6.26. The second-order valence-electron chi connectivity index (χ2n) is 3.55. The summed E-state index contributed by atoms with van der Waals surface area (Å²) < 4.78 is 11.0. The highest BCUT2D eigenvalue weighted by Gasteiger charge is 2.12. The summed E-state index contributed by atoms with van der Waals surface area (Å²) in [7, 11) is 0. The van der Waals surface area contributed by atoms with Gasteiger partial charge in [0.1, 0.15) is 0 Å². The molecule has 1 aromatic heterocycles. The van der Waals surface area contributed by atoms with E-state index in [0.29, 0.717) is 6.61 Å². The third-order valence-electron chi connectivity index (χ3n) is 2.34. The van der Waals surface area contributed by atoms with E-state index in [1.165, 1.54) is 17.7 Å². The van der Waals surface area contributed by atoms with E-state index >= 15 is 0 Å². The molecule has 0 radical (unpaired) electrons. The Morgan fingerprint density at radius 1 is 1.53 bits per heavy atom. The lowest BCUT2D eigenvalue weighted by Crippen LogP contribution is -2.22. The van der Waals surface area contributed by atoms with E-state index in [-0.39, 0.29) is 6.29 Å². The highest BCUT2D eigenvalue weighted by atomic mass is 32.1. The summed E-state index contributed by atoms with van der Waals surface area (Å²) >= 11 is 1.74. The third kappa shape index (κ3) is 3.78. The van der Waals surface area contributed by atoms with E-state index in [2.05, 4.69) is 23.6 Å². The number of hydrogen-bond donors (Lipinski definition) is 0. The second-order valence-corrected chi connectivity index (χ2v) is 4.53. The van der Waals surface area contributed by atoms with Gasteiger partial charge in [-0.15, -0.1) is 11.3 Å². The van der Waals surface area contributed by atoms with Crippen molar-refractivity contribution in [1.29, 1.82) is 0 Å². The van der Waals surface area contributed by atoms with Crippen LogP contribution in [0.25, 0.3) is 6.08 Å². The lowest BCUT2D eigenvalue weighted by atomic mass is 10.2. The topological polar surface area (TPSA) is 18.5 Å². The molecule has 1 aliphatic rings. The van der Waals surface area contributed by atoms with Crippen LogP contribution in [-0.4, -0.2) is 19.5 Å². The first kappa shape index (κ1) is 10.9. The zero-order chi connectivity index (χ0) is 10.3. The molecule has 3 heteroatoms. The number of rotatable bonds is 4. The summed E-state index contributed by atoms with van der Waals surface area (Å²) in [5.74, 6) is 0. The molecule has 1 aliphatic heterocycles. The van der Waals surface area contributed by atoms with Crippen LogP contribution in [0.1, 0.15) is 24.1 Å². The number of hydrogen-bond acceptors (Lipinski definition) is 3. The number of thiophene rings is 1. The average Bonchev–Trinajstić information content (AvgIpc) is 2.79. The molecule has 0 aliphatic carbocycles. The molecule has 0 spiro atoms. The van der Waals surface area contributed by atoms with Crippen LogP contribution in [0.15, 0.2) is 23.6 Å². The molecular weight excluding hydrogens is 208 g/mol. The first-order valence-electron chi connectivity index (χ1n) is 5.38. The smallest absolute Gasteiger partial charge is 0.157 e. The molecule has 2 rings (SSSR count). The minimum absolute atomic E-state index is 0.0201. The molecule has 1 atom stereocenters. The Bertz CT molecular complexity index is 287. The van der Waals surface area contributed by atoms with Gasteiger partial charge in [0.2, 0.25) is 0 Å². The zero-order valence-electron chi connectivity index (χ0n) is 8.72. The van der Waals surface area contributed by atoms with Crippen LogP contribution in [0.4, 0.5) is 0 Å². The van der Waals surface area contributed by atoms with Crippen LogP contribution in [-0.2, 0) is 9.47 Å². The molecule has 1 aromatic rings. The highest BCUT2D eigenvalue weighted by Crippen LogP contribution is 2.14. The van der Waals surface area contributed by atoms with Crippen molar-refractivity contribution in [2.24, 2.45) is 0 Å². The molecule has 15 heavy (non-hydrogen) atoms. The first-order chi connectivity index (χ1) is 7.45. The van der Waals surface area contributed by atoms with E-state index < -0.39 is 0 Å². The van der Waals surface area contributed by atoms with Crippen LogP contribution < -0.4 is 0 Å². The van der Waals surface area contributed by atoms with Crippen molar-refractivity contribution in [2.45, 2.75) is 25.6 Å². The van der Waals surface area contributed by atoms with E-state index in [0.717, 1.165) is 13.0 Å². The summed E-state index contributed by atoms with van der Waals surface area (Å²) in [4.78, 5) is 1.27. The van der Waals surface area contributed by atoms with E-state index in [1.54, 1.807) is 11.3 Å². The number of ether oxygens (including phenoxy) is 2. The maximum atomic E-state index is 5.58. The van der Waals surface area contributed by atoms with Gasteiger partial charge in [-0.1, -0.05) is 12.1 Å². The van der Waals surface area contributed by atoms with Gasteiger partial charge < -0.3 is 9.47 Å². The van der Waals surface area contributed by atoms with Crippen molar-refractivity contribution in [3.63, 3.8) is 0 Å². The predicted molar refractivity (Wildman–Crippen MR) is 62.9 cm³/mol. The summed E-state index contributed by atoms with van der Waals surface area (Å²) in [6.07, 6.45) is 7.58. The van der Waals surface area contributed by atoms with Gasteiger partial charge in [-0.3, -0.25) is 0 Å². The van der Waals surface area contributed by atoms with Gasteiger partial charge in [0.15, 0.2) is 6.29 Å². The van der Waals surface area contributed by atoms with E-state index in [4.69, 9.17) is 9.47 Å². The molecule has 1 saturated heterocycles. The maximum absolute atomic E-state index is 5.58. The third-order valence-corrected chi connectivity index (χ3v) is 3.18. The van der Waals surface area contributed by atoms with Crippen LogP contribution >= 0.6 is 11.3 Å². The van der Waals surface area contributed by atoms with E-state index in [9.17, 15) is 0 Å². The largest absolute Gasteiger partial charge is 0.353 e. The average molecular weight is 224 g/mol. The predicted octanol–water partition coefficient (Wildman–Crippen LogP) is 3.30. The van der Waals surface area contributed by atoms with Gasteiger partial charge in [-0.25, -0.2) is 0 Å². The van der Waals surface area contributed by atoms with Gasteiger partial charge in [0.05, 0.1) is 6.61 Å². The standard InChI is InChI=1S/C12H16O2S/c1-2-8-13-12(7-1)14-9-3-5-11-6-4-10-15-11/h3-6,10,12H,1-2,7-9H2/b5-3+. The van der Waals surface area contributed by atoms with Crippen molar-refractivity contribution in [1.82, 2.24) is 0 Å². The van der Waals surface area contributed by atoms with Crippen LogP contribution in [0.5, 0.6) is 0 Å². The van der Waals surface area contributed by atoms with Crippen molar-refractivity contribution >= 4 is 17.4 Å². The van der Waals surface area contributed by atoms with Crippen LogP contribution in [0.2, 0.25) is 0 Å². The zero-order valence-corrected chi connectivity index (χ0v) is 9.54. The van der Waals surface area contributed by atoms with Crippen LogP contribution in [0, 0.1) is 0 Å². The molecule has 2 heterocycles. The molecule has 0 bridgehead atoms. The molecule has 1 fully saturated rings. The molecule has 0 N–H and O–H groups in total. The lowest BCUT2D eigenvalue weighted by molar-refractivity contribution is -0.155. The molecule has 2 nitrogen and oxygen atoms in total. The fourth-order valence-corrected chi connectivity index (χ4v) is 2.20. The molecule has 0 amide bonds. The molecule has 0 aromatic carbocycles. The molecule has 1 unspecified atom stereocenters. The van der Waals surface area contributed by atoms with Crippen LogP contribution in [0.3, 0.4) is 0 Å². The summed E-state index contributed by atoms with van der Waals surface area (Å²) in [5, 5.41) is 2.07. The Labute approximate surface area is 94.5 Å². The van der Waals surface area contributed by atoms with Gasteiger partial charge in [0.25, 0.3) is 0 Å². The Morgan fingerprint density at radius 2 is 2.53 bits per heavy atom. The quantitative estimate of drug-likeness (QED) is 0.781. The minimum Gasteiger partial charge on any atom is -0.353 e. The SMILES string of the molecule is C(=C\c1cccs1)/COC1CCCCO1. The maximum Gasteiger partial charge on any atom is 0.157 e. The molecule has 0 saturated carbocycles. The minimum atomic E-state index is 0.0201. The fourth-order valence-electron chi connectivity index (χ4n) is 1.56. The fraction of sp³-hybridized carbons (Fsp3) is 0.500. The Hall–Kier alpha value is -0.640.